The summed E-state index contributed by atoms with van der Waals surface area (Å²) in [5.41, 5.74) is 9.02. The van der Waals surface area contributed by atoms with Gasteiger partial charge in [-0.1, -0.05) is 12.1 Å². The van der Waals surface area contributed by atoms with E-state index in [4.69, 9.17) is 10.5 Å². The van der Waals surface area contributed by atoms with Gasteiger partial charge in [0.05, 0.1) is 23.3 Å². The number of anilines is 2. The third-order valence-corrected chi connectivity index (χ3v) is 4.86. The van der Waals surface area contributed by atoms with Crippen LogP contribution in [0.3, 0.4) is 0 Å². The van der Waals surface area contributed by atoms with Crippen LogP contribution in [0.25, 0.3) is 11.0 Å². The Morgan fingerprint density at radius 1 is 1.27 bits per heavy atom. The van der Waals surface area contributed by atoms with Gasteiger partial charge < -0.3 is 20.4 Å². The van der Waals surface area contributed by atoms with Gasteiger partial charge >= 0.3 is 0 Å². The van der Waals surface area contributed by atoms with E-state index in [1.54, 1.807) is 0 Å². The molecular formula is C19H24N6O. The number of H-pyrrole nitrogens is 1. The second-order valence-corrected chi connectivity index (χ2v) is 6.60. The zero-order valence-electron chi connectivity index (χ0n) is 15.0. The van der Waals surface area contributed by atoms with Gasteiger partial charge in [-0.3, -0.25) is 0 Å². The van der Waals surface area contributed by atoms with Gasteiger partial charge in [-0.25, -0.2) is 9.97 Å². The van der Waals surface area contributed by atoms with Gasteiger partial charge in [0.2, 0.25) is 5.95 Å². The van der Waals surface area contributed by atoms with Gasteiger partial charge in [-0.15, -0.1) is 0 Å². The number of hydrogen-bond acceptors (Lipinski definition) is 6. The Kier molecular flexibility index (Phi) is 4.71. The Balaban J connectivity index is 1.51. The van der Waals surface area contributed by atoms with Gasteiger partial charge in [0.15, 0.2) is 0 Å². The number of nitrogens with zero attached hydrogens (tertiary/aromatic N) is 4. The predicted molar refractivity (Wildman–Crippen MR) is 102 cm³/mol. The highest BCUT2D eigenvalue weighted by atomic mass is 16.5. The summed E-state index contributed by atoms with van der Waals surface area (Å²) in [6.07, 6.45) is 1.80. The molecule has 0 radical (unpaired) electrons. The molecule has 1 aromatic carbocycles. The van der Waals surface area contributed by atoms with Crippen molar-refractivity contribution in [3.8, 4) is 0 Å². The highest BCUT2D eigenvalue weighted by Gasteiger charge is 2.21. The molecule has 0 amide bonds. The van der Waals surface area contributed by atoms with Gasteiger partial charge in [0.25, 0.3) is 0 Å². The lowest BCUT2D eigenvalue weighted by molar-refractivity contribution is 0.193. The SMILES string of the molecule is CCN(CCc1nc2ccccc2[nH]1)c1cc(C2CCOC2)nc(N)n1. The minimum Gasteiger partial charge on any atom is -0.381 e. The number of rotatable bonds is 6. The molecule has 1 aliphatic rings. The van der Waals surface area contributed by atoms with Crippen molar-refractivity contribution in [1.82, 2.24) is 19.9 Å². The van der Waals surface area contributed by atoms with Crippen molar-refractivity contribution in [2.24, 2.45) is 0 Å². The Morgan fingerprint density at radius 2 is 2.15 bits per heavy atom. The average molecular weight is 352 g/mol. The topological polar surface area (TPSA) is 93.0 Å². The van der Waals surface area contributed by atoms with Crippen LogP contribution in [-0.2, 0) is 11.2 Å². The maximum atomic E-state index is 5.97. The summed E-state index contributed by atoms with van der Waals surface area (Å²) in [5, 5.41) is 0. The predicted octanol–water partition coefficient (Wildman–Crippen LogP) is 2.51. The van der Waals surface area contributed by atoms with Crippen molar-refractivity contribution in [2.45, 2.75) is 25.7 Å². The van der Waals surface area contributed by atoms with Crippen molar-refractivity contribution in [1.29, 1.82) is 0 Å². The summed E-state index contributed by atoms with van der Waals surface area (Å²) in [5.74, 6) is 2.49. The van der Waals surface area contributed by atoms with Gasteiger partial charge in [-0.05, 0) is 25.5 Å². The second-order valence-electron chi connectivity index (χ2n) is 6.60. The summed E-state index contributed by atoms with van der Waals surface area (Å²) in [4.78, 5) is 19.1. The Bertz CT molecular complexity index is 854. The summed E-state index contributed by atoms with van der Waals surface area (Å²) >= 11 is 0. The number of imidazole rings is 1. The van der Waals surface area contributed by atoms with E-state index in [0.29, 0.717) is 18.5 Å². The van der Waals surface area contributed by atoms with E-state index < -0.39 is 0 Å². The monoisotopic (exact) mass is 352 g/mol. The molecule has 3 N–H and O–H groups in total. The second kappa shape index (κ2) is 7.29. The van der Waals surface area contributed by atoms with Crippen LogP contribution in [0.5, 0.6) is 0 Å². The summed E-state index contributed by atoms with van der Waals surface area (Å²) in [6, 6.07) is 10.1. The first kappa shape index (κ1) is 16.8. The molecule has 1 aliphatic heterocycles. The lowest BCUT2D eigenvalue weighted by Gasteiger charge is -2.22. The molecule has 3 aromatic rings. The molecule has 7 heteroatoms. The van der Waals surface area contributed by atoms with Crippen molar-refractivity contribution in [2.75, 3.05) is 36.9 Å². The highest BCUT2D eigenvalue weighted by molar-refractivity contribution is 5.74. The van der Waals surface area contributed by atoms with E-state index in [2.05, 4.69) is 37.8 Å². The summed E-state index contributed by atoms with van der Waals surface area (Å²) < 4.78 is 5.48. The van der Waals surface area contributed by atoms with Gasteiger partial charge in [0.1, 0.15) is 11.6 Å². The molecule has 26 heavy (non-hydrogen) atoms. The first-order chi connectivity index (χ1) is 12.7. The number of fused-ring (bicyclic) bond motifs is 1. The minimum atomic E-state index is 0.313. The first-order valence-electron chi connectivity index (χ1n) is 9.13. The fourth-order valence-corrected chi connectivity index (χ4v) is 3.41. The molecule has 2 aromatic heterocycles. The standard InChI is InChI=1S/C19H24N6O/c1-2-25(9-7-17-21-14-5-3-4-6-15(14)22-17)18-11-16(23-19(20)24-18)13-8-10-26-12-13/h3-6,11,13H,2,7-10,12H2,1H3,(H,21,22)(H2,20,23,24). The Morgan fingerprint density at radius 3 is 2.92 bits per heavy atom. The lowest BCUT2D eigenvalue weighted by Crippen LogP contribution is -2.27. The Labute approximate surface area is 152 Å². The van der Waals surface area contributed by atoms with Crippen molar-refractivity contribution < 1.29 is 4.74 Å². The average Bonchev–Trinajstić information content (AvgIpc) is 3.31. The van der Waals surface area contributed by atoms with E-state index in [0.717, 1.165) is 60.9 Å². The van der Waals surface area contributed by atoms with Crippen LogP contribution in [0.1, 0.15) is 30.8 Å². The molecular weight excluding hydrogens is 328 g/mol. The van der Waals surface area contributed by atoms with E-state index >= 15 is 0 Å². The molecule has 0 saturated carbocycles. The van der Waals surface area contributed by atoms with Crippen molar-refractivity contribution in [3.05, 3.63) is 41.9 Å². The third kappa shape index (κ3) is 3.48. The molecule has 0 aliphatic carbocycles. The number of hydrogen-bond donors (Lipinski definition) is 2. The van der Waals surface area contributed by atoms with Gasteiger partial charge in [0, 0.05) is 38.1 Å². The van der Waals surface area contributed by atoms with Gasteiger partial charge in [-0.2, -0.15) is 4.98 Å². The van der Waals surface area contributed by atoms with E-state index in [9.17, 15) is 0 Å². The van der Waals surface area contributed by atoms with Crippen LogP contribution in [-0.4, -0.2) is 46.2 Å². The van der Waals surface area contributed by atoms with E-state index in [-0.39, 0.29) is 0 Å². The van der Waals surface area contributed by atoms with Crippen LogP contribution >= 0.6 is 0 Å². The number of benzene rings is 1. The van der Waals surface area contributed by atoms with Crippen LogP contribution in [0.15, 0.2) is 30.3 Å². The third-order valence-electron chi connectivity index (χ3n) is 4.86. The number of aromatic nitrogens is 4. The molecule has 136 valence electrons. The van der Waals surface area contributed by atoms with Crippen LogP contribution < -0.4 is 10.6 Å². The highest BCUT2D eigenvalue weighted by Crippen LogP contribution is 2.26. The quantitative estimate of drug-likeness (QED) is 0.708. The molecule has 0 spiro atoms. The maximum Gasteiger partial charge on any atom is 0.222 e. The number of ether oxygens (including phenoxy) is 1. The number of aromatic amines is 1. The fourth-order valence-electron chi connectivity index (χ4n) is 3.41. The van der Waals surface area contributed by atoms with Crippen molar-refractivity contribution in [3.63, 3.8) is 0 Å². The molecule has 1 fully saturated rings. The largest absolute Gasteiger partial charge is 0.381 e. The molecule has 1 saturated heterocycles. The number of nitrogen functional groups attached to an aromatic ring is 1. The molecule has 4 rings (SSSR count). The normalized spacial score (nSPS) is 17.0. The zero-order valence-corrected chi connectivity index (χ0v) is 15.0. The van der Waals surface area contributed by atoms with Crippen molar-refractivity contribution >= 4 is 22.8 Å². The van der Waals surface area contributed by atoms with Crippen LogP contribution in [0.4, 0.5) is 11.8 Å². The molecule has 1 atom stereocenters. The lowest BCUT2D eigenvalue weighted by atomic mass is 10.0. The van der Waals surface area contributed by atoms with Crippen LogP contribution in [0, 0.1) is 0 Å². The first-order valence-corrected chi connectivity index (χ1v) is 9.13. The number of nitrogens with one attached hydrogen (secondary N) is 1. The van der Waals surface area contributed by atoms with E-state index in [1.165, 1.54) is 0 Å². The van der Waals surface area contributed by atoms with Crippen LogP contribution in [0.2, 0.25) is 0 Å². The smallest absolute Gasteiger partial charge is 0.222 e. The number of nitrogens with two attached hydrogens (primary N) is 1. The zero-order chi connectivity index (χ0) is 17.9. The molecule has 1 unspecified atom stereocenters. The molecule has 3 heterocycles. The maximum absolute atomic E-state index is 5.97. The number of likely N-dealkylation sites (N-methyl/N-ethyl adjacent to an activating group) is 1. The summed E-state index contributed by atoms with van der Waals surface area (Å²) in [7, 11) is 0. The number of para-hydroxylation sites is 2. The minimum absolute atomic E-state index is 0.313. The molecule has 0 bridgehead atoms. The fraction of sp³-hybridized carbons (Fsp3) is 0.421. The Hall–Kier alpha value is -2.67. The molecule has 7 nitrogen and oxygen atoms in total. The van der Waals surface area contributed by atoms with E-state index in [1.807, 2.05) is 24.3 Å². The summed E-state index contributed by atoms with van der Waals surface area (Å²) in [6.45, 7) is 5.27.